The second kappa shape index (κ2) is 12.1. The summed E-state index contributed by atoms with van der Waals surface area (Å²) >= 11 is 0. The number of aliphatic imine (C=N–C) groups is 2. The van der Waals surface area contributed by atoms with Crippen molar-refractivity contribution in [2.24, 2.45) is 9.98 Å². The Morgan fingerprint density at radius 2 is 1.41 bits per heavy atom. The Hall–Kier alpha value is -6.26. The number of anilines is 2. The van der Waals surface area contributed by atoms with Crippen LogP contribution in [0.3, 0.4) is 0 Å². The van der Waals surface area contributed by atoms with Crippen LogP contribution in [-0.2, 0) is 6.42 Å². The second-order valence-electron chi connectivity index (χ2n) is 12.6. The number of rotatable bonds is 4. The zero-order valence-electron chi connectivity index (χ0n) is 27.1. The molecule has 0 saturated heterocycles. The second-order valence-corrected chi connectivity index (χ2v) is 12.6. The minimum atomic E-state index is 0.0708. The van der Waals surface area contributed by atoms with Gasteiger partial charge in [-0.25, -0.2) is 4.99 Å². The van der Waals surface area contributed by atoms with Gasteiger partial charge in [-0.15, -0.1) is 0 Å². The molecule has 0 unspecified atom stereocenters. The minimum absolute atomic E-state index is 0.0708. The number of fused-ring (bicyclic) bond motifs is 5. The molecule has 1 atom stereocenters. The van der Waals surface area contributed by atoms with Crippen LogP contribution in [0, 0.1) is 0 Å². The molecule has 0 N–H and O–H groups in total. The van der Waals surface area contributed by atoms with Crippen LogP contribution >= 0.6 is 0 Å². The van der Waals surface area contributed by atoms with Crippen molar-refractivity contribution in [1.82, 2.24) is 4.57 Å². The third-order valence-corrected chi connectivity index (χ3v) is 9.68. The summed E-state index contributed by atoms with van der Waals surface area (Å²) in [4.78, 5) is 12.5. The van der Waals surface area contributed by atoms with Gasteiger partial charge in [0.1, 0.15) is 0 Å². The molecule has 0 fully saturated rings. The van der Waals surface area contributed by atoms with Gasteiger partial charge in [-0.1, -0.05) is 128 Å². The molecule has 2 aliphatic heterocycles. The van der Waals surface area contributed by atoms with Crippen molar-refractivity contribution < 1.29 is 0 Å². The molecule has 0 saturated carbocycles. The highest BCUT2D eigenvalue weighted by Crippen LogP contribution is 2.39. The lowest BCUT2D eigenvalue weighted by atomic mass is 9.90. The fourth-order valence-electron chi connectivity index (χ4n) is 7.37. The Balaban J connectivity index is 1.17. The maximum absolute atomic E-state index is 5.15. The molecule has 234 valence electrons. The lowest BCUT2D eigenvalue weighted by Gasteiger charge is -2.27. The fraction of sp³-hybridized carbons (Fsp3) is 0.0667. The summed E-state index contributed by atoms with van der Waals surface area (Å²) < 4.78 is 2.43. The Morgan fingerprint density at radius 3 is 2.24 bits per heavy atom. The first-order valence-corrected chi connectivity index (χ1v) is 16.8. The first-order chi connectivity index (χ1) is 24.2. The molecule has 0 radical (unpaired) electrons. The van der Waals surface area contributed by atoms with Gasteiger partial charge in [-0.05, 0) is 54.5 Å². The van der Waals surface area contributed by atoms with E-state index in [9.17, 15) is 0 Å². The number of benzene rings is 5. The number of allylic oxidation sites excluding steroid dienone is 3. The van der Waals surface area contributed by atoms with Crippen molar-refractivity contribution in [3.05, 3.63) is 204 Å². The van der Waals surface area contributed by atoms with Crippen LogP contribution in [0.4, 0.5) is 11.4 Å². The van der Waals surface area contributed by atoms with E-state index in [0.29, 0.717) is 0 Å². The molecule has 4 heteroatoms. The van der Waals surface area contributed by atoms with E-state index in [1.54, 1.807) is 0 Å². The number of nitrogens with zero attached hydrogens (tertiary/aromatic N) is 4. The van der Waals surface area contributed by atoms with Crippen LogP contribution in [0.25, 0.3) is 22.7 Å². The molecule has 0 bridgehead atoms. The summed E-state index contributed by atoms with van der Waals surface area (Å²) in [6.45, 7) is 4.54. The predicted molar refractivity (Wildman–Crippen MR) is 204 cm³/mol. The Kier molecular flexibility index (Phi) is 7.13. The summed E-state index contributed by atoms with van der Waals surface area (Å²) in [5, 5.41) is 1.22. The van der Waals surface area contributed by atoms with Crippen LogP contribution in [0.5, 0.6) is 0 Å². The van der Waals surface area contributed by atoms with E-state index in [-0.39, 0.29) is 6.04 Å². The SMILES string of the molecule is C=C1/C=C\c2c(n(-c3ccc(C4=NC(c5ccccc5)=N[C@H]5CC=CC=C45)cc3)c3ccccc23)Cc2ccccc2N1c1ccccc1. The molecule has 3 aliphatic rings. The molecule has 9 rings (SSSR count). The number of amidine groups is 1. The first-order valence-electron chi connectivity index (χ1n) is 16.8. The average Bonchev–Trinajstić information content (AvgIpc) is 3.49. The molecule has 3 heterocycles. The lowest BCUT2D eigenvalue weighted by Crippen LogP contribution is -2.26. The van der Waals surface area contributed by atoms with Crippen LogP contribution < -0.4 is 4.90 Å². The summed E-state index contributed by atoms with van der Waals surface area (Å²) in [5.74, 6) is 0.794. The zero-order chi connectivity index (χ0) is 32.7. The normalized spacial score (nSPS) is 17.5. The van der Waals surface area contributed by atoms with E-state index in [1.165, 1.54) is 33.3 Å². The van der Waals surface area contributed by atoms with E-state index in [0.717, 1.165) is 58.3 Å². The number of hydrogen-bond donors (Lipinski definition) is 0. The number of hydrogen-bond acceptors (Lipinski definition) is 3. The Morgan fingerprint density at radius 1 is 0.673 bits per heavy atom. The maximum Gasteiger partial charge on any atom is 0.155 e. The van der Waals surface area contributed by atoms with Crippen molar-refractivity contribution in [2.75, 3.05) is 4.90 Å². The highest BCUT2D eigenvalue weighted by molar-refractivity contribution is 6.22. The zero-order valence-corrected chi connectivity index (χ0v) is 27.1. The highest BCUT2D eigenvalue weighted by Gasteiger charge is 2.27. The van der Waals surface area contributed by atoms with Crippen LogP contribution in [0.2, 0.25) is 0 Å². The molecule has 6 aromatic rings. The Bertz CT molecular complexity index is 2390. The van der Waals surface area contributed by atoms with Crippen molar-refractivity contribution in [2.45, 2.75) is 18.9 Å². The lowest BCUT2D eigenvalue weighted by molar-refractivity contribution is 0.795. The maximum atomic E-state index is 5.15. The van der Waals surface area contributed by atoms with E-state index in [4.69, 9.17) is 9.98 Å². The molecular weight excluding hydrogens is 597 g/mol. The van der Waals surface area contributed by atoms with Crippen molar-refractivity contribution >= 4 is 39.9 Å². The molecule has 1 aromatic heterocycles. The van der Waals surface area contributed by atoms with Crippen LogP contribution in [0.15, 0.2) is 186 Å². The molecule has 5 aromatic carbocycles. The van der Waals surface area contributed by atoms with Gasteiger partial charge in [-0.3, -0.25) is 4.99 Å². The Labute approximate surface area is 286 Å². The fourth-order valence-corrected chi connectivity index (χ4v) is 7.37. The monoisotopic (exact) mass is 630 g/mol. The molecule has 0 amide bonds. The van der Waals surface area contributed by atoms with Gasteiger partial charge in [0.15, 0.2) is 5.84 Å². The third kappa shape index (κ3) is 5.10. The van der Waals surface area contributed by atoms with Crippen molar-refractivity contribution in [3.63, 3.8) is 0 Å². The van der Waals surface area contributed by atoms with Gasteiger partial charge in [0.05, 0.1) is 17.3 Å². The molecule has 49 heavy (non-hydrogen) atoms. The molecule has 0 spiro atoms. The smallest absolute Gasteiger partial charge is 0.155 e. The van der Waals surface area contributed by atoms with E-state index >= 15 is 0 Å². The predicted octanol–water partition coefficient (Wildman–Crippen LogP) is 10.4. The largest absolute Gasteiger partial charge is 0.313 e. The average molecular weight is 631 g/mol. The van der Waals surface area contributed by atoms with Crippen molar-refractivity contribution in [1.29, 1.82) is 0 Å². The van der Waals surface area contributed by atoms with E-state index in [1.807, 2.05) is 18.2 Å². The van der Waals surface area contributed by atoms with Gasteiger partial charge < -0.3 is 9.47 Å². The number of aromatic nitrogens is 1. The summed E-state index contributed by atoms with van der Waals surface area (Å²) in [6.07, 6.45) is 12.5. The standard InChI is InChI=1S/C45H34N4/c1-31-24-29-38-37-19-10-13-23-42(37)49(43(38)30-34-16-8-12-22-41(34)48(31)35-17-6-3-7-18-35)36-27-25-32(26-28-36)44-39-20-9-11-21-40(39)46-45(47-44)33-14-4-2-5-15-33/h2-20,22-29,40H,1,21,30H2/b29-24-/t40-/m0/s1. The van der Waals surface area contributed by atoms with Gasteiger partial charge in [0.25, 0.3) is 0 Å². The van der Waals surface area contributed by atoms with E-state index in [2.05, 4.69) is 162 Å². The van der Waals surface area contributed by atoms with Crippen LogP contribution in [-0.4, -0.2) is 22.2 Å². The topological polar surface area (TPSA) is 32.9 Å². The quantitative estimate of drug-likeness (QED) is 0.191. The van der Waals surface area contributed by atoms with E-state index < -0.39 is 0 Å². The van der Waals surface area contributed by atoms with Crippen molar-refractivity contribution in [3.8, 4) is 5.69 Å². The minimum Gasteiger partial charge on any atom is -0.313 e. The van der Waals surface area contributed by atoms with Gasteiger partial charge in [-0.2, -0.15) is 0 Å². The highest BCUT2D eigenvalue weighted by atomic mass is 15.1. The first kappa shape index (κ1) is 28.9. The molecule has 1 aliphatic carbocycles. The summed E-state index contributed by atoms with van der Waals surface area (Å²) in [7, 11) is 0. The molecular formula is C45H34N4. The number of para-hydroxylation sites is 3. The summed E-state index contributed by atoms with van der Waals surface area (Å²) in [5.41, 5.74) is 13.5. The van der Waals surface area contributed by atoms with Gasteiger partial charge in [0, 0.05) is 62.5 Å². The van der Waals surface area contributed by atoms with Crippen LogP contribution in [0.1, 0.15) is 34.4 Å². The van der Waals surface area contributed by atoms with Gasteiger partial charge >= 0.3 is 0 Å². The van der Waals surface area contributed by atoms with Gasteiger partial charge in [0.2, 0.25) is 0 Å². The molecule has 4 nitrogen and oxygen atoms in total. The third-order valence-electron chi connectivity index (χ3n) is 9.68. The summed E-state index contributed by atoms with van der Waals surface area (Å²) in [6, 6.07) is 47.2.